The van der Waals surface area contributed by atoms with Crippen LogP contribution in [0.2, 0.25) is 0 Å². The number of fused-ring (bicyclic) bond motifs is 1. The molecule has 0 radical (unpaired) electrons. The predicted octanol–water partition coefficient (Wildman–Crippen LogP) is 0.620. The van der Waals surface area contributed by atoms with E-state index >= 15 is 0 Å². The van der Waals surface area contributed by atoms with Gasteiger partial charge in [-0.2, -0.15) is 0 Å². The molecule has 0 aliphatic carbocycles. The number of amides is 3. The number of hydrogen-bond acceptors (Lipinski definition) is 8. The molecule has 0 fully saturated rings. The minimum atomic E-state index is -1.30. The quantitative estimate of drug-likeness (QED) is 0.0740. The van der Waals surface area contributed by atoms with Crippen LogP contribution in [0.3, 0.4) is 0 Å². The molecule has 2 aromatic carbocycles. The van der Waals surface area contributed by atoms with Crippen LogP contribution in [-0.4, -0.2) is 79.6 Å². The normalized spacial score (nSPS) is 13.8. The highest BCUT2D eigenvalue weighted by atomic mass is 16.4. The summed E-state index contributed by atoms with van der Waals surface area (Å²) in [5, 5.41) is 28.6. The number of nitrogens with zero attached hydrogens (tertiary/aromatic N) is 1. The van der Waals surface area contributed by atoms with Crippen molar-refractivity contribution in [2.45, 2.75) is 62.7 Å². The summed E-state index contributed by atoms with van der Waals surface area (Å²) in [6.07, 6.45) is 6.23. The third kappa shape index (κ3) is 9.39. The molecule has 4 atom stereocenters. The maximum atomic E-state index is 13.7. The average molecular weight is 633 g/mol. The van der Waals surface area contributed by atoms with Gasteiger partial charge in [-0.1, -0.05) is 30.3 Å². The van der Waals surface area contributed by atoms with E-state index in [1.165, 1.54) is 18.5 Å². The summed E-state index contributed by atoms with van der Waals surface area (Å²) < 4.78 is 0. The number of carbonyl (C=O) groups is 4. The average Bonchev–Trinajstić information content (AvgIpc) is 3.71. The van der Waals surface area contributed by atoms with Gasteiger partial charge in [-0.3, -0.25) is 14.4 Å². The second kappa shape index (κ2) is 16.2. The zero-order valence-corrected chi connectivity index (χ0v) is 25.2. The zero-order valence-electron chi connectivity index (χ0n) is 25.2. The summed E-state index contributed by atoms with van der Waals surface area (Å²) in [5.74, 6) is -3.15. The Morgan fingerprint density at radius 1 is 0.826 bits per heavy atom. The number of hydrogen-bond donors (Lipinski definition) is 9. The third-order valence-corrected chi connectivity index (χ3v) is 7.63. The van der Waals surface area contributed by atoms with Crippen molar-refractivity contribution < 1.29 is 29.4 Å². The van der Waals surface area contributed by atoms with Crippen LogP contribution < -0.4 is 27.4 Å². The first-order chi connectivity index (χ1) is 22.1. The largest absolute Gasteiger partial charge is 0.508 e. The van der Waals surface area contributed by atoms with Crippen LogP contribution in [-0.2, 0) is 38.4 Å². The standard InChI is InChI=1S/C32H40N8O6/c33-12-4-3-7-26(38-29(42)24(34)15-21-17-35-18-37-21)30(43)39-27(13-19-8-10-22(41)11-9-19)31(44)40-28(32(45)46)14-20-16-36-25-6-2-1-5-23(20)25/h1-2,5-6,8-11,16-18,24,26-28,36,41H,3-4,7,12-15,33-34H2,(H,35,37)(H,38,42)(H,39,43)(H,40,44)(H,45,46). The Balaban J connectivity index is 1.52. The number of phenolic OH excluding ortho intramolecular Hbond substituents is 1. The van der Waals surface area contributed by atoms with E-state index < -0.39 is 47.9 Å². The first kappa shape index (κ1) is 33.7. The maximum absolute atomic E-state index is 13.7. The molecular formula is C32H40N8O6. The molecule has 3 amide bonds. The Morgan fingerprint density at radius 3 is 2.22 bits per heavy atom. The summed E-state index contributed by atoms with van der Waals surface area (Å²) in [4.78, 5) is 62.5. The molecule has 0 saturated carbocycles. The second-order valence-corrected chi connectivity index (χ2v) is 11.1. The van der Waals surface area contributed by atoms with Gasteiger partial charge in [-0.05, 0) is 55.1 Å². The highest BCUT2D eigenvalue weighted by Gasteiger charge is 2.31. The fraction of sp³-hybridized carbons (Fsp3) is 0.344. The Bertz CT molecular complexity index is 1600. The van der Waals surface area contributed by atoms with Gasteiger partial charge in [0.05, 0.1) is 12.4 Å². The molecule has 0 bridgehead atoms. The van der Waals surface area contributed by atoms with Gasteiger partial charge in [-0.25, -0.2) is 9.78 Å². The molecule has 4 rings (SSSR count). The molecule has 4 aromatic rings. The smallest absolute Gasteiger partial charge is 0.326 e. The highest BCUT2D eigenvalue weighted by Crippen LogP contribution is 2.19. The fourth-order valence-electron chi connectivity index (χ4n) is 5.11. The van der Waals surface area contributed by atoms with Crippen molar-refractivity contribution in [1.82, 2.24) is 30.9 Å². The van der Waals surface area contributed by atoms with E-state index in [9.17, 15) is 29.4 Å². The summed E-state index contributed by atoms with van der Waals surface area (Å²) in [7, 11) is 0. The lowest BCUT2D eigenvalue weighted by atomic mass is 10.0. The van der Waals surface area contributed by atoms with Gasteiger partial charge in [0.1, 0.15) is 23.9 Å². The van der Waals surface area contributed by atoms with Crippen LogP contribution in [0.15, 0.2) is 67.3 Å². The molecule has 14 nitrogen and oxygen atoms in total. The molecule has 0 spiro atoms. The number of aromatic nitrogens is 3. The fourth-order valence-corrected chi connectivity index (χ4v) is 5.11. The topological polar surface area (TPSA) is 241 Å². The number of carbonyl (C=O) groups excluding carboxylic acids is 3. The Hall–Kier alpha value is -5.21. The lowest BCUT2D eigenvalue weighted by Crippen LogP contribution is -2.58. The van der Waals surface area contributed by atoms with Gasteiger partial charge in [0.25, 0.3) is 0 Å². The molecule has 4 unspecified atom stereocenters. The van der Waals surface area contributed by atoms with Crippen molar-refractivity contribution >= 4 is 34.6 Å². The van der Waals surface area contributed by atoms with Crippen molar-refractivity contribution in [3.63, 3.8) is 0 Å². The van der Waals surface area contributed by atoms with Crippen LogP contribution >= 0.6 is 0 Å². The number of aliphatic carboxylic acids is 1. The lowest BCUT2D eigenvalue weighted by molar-refractivity contribution is -0.142. The number of imidazole rings is 1. The van der Waals surface area contributed by atoms with E-state index in [4.69, 9.17) is 11.5 Å². The first-order valence-electron chi connectivity index (χ1n) is 15.0. The van der Waals surface area contributed by atoms with Crippen molar-refractivity contribution in [3.05, 3.63) is 84.1 Å². The minimum Gasteiger partial charge on any atom is -0.508 e. The first-order valence-corrected chi connectivity index (χ1v) is 15.0. The van der Waals surface area contributed by atoms with E-state index in [-0.39, 0.29) is 31.4 Å². The second-order valence-electron chi connectivity index (χ2n) is 11.1. The molecular weight excluding hydrogens is 592 g/mol. The van der Waals surface area contributed by atoms with Gasteiger partial charge in [0.15, 0.2) is 0 Å². The van der Waals surface area contributed by atoms with Crippen LogP contribution in [0, 0.1) is 0 Å². The number of para-hydroxylation sites is 1. The van der Waals surface area contributed by atoms with Crippen molar-refractivity contribution in [2.75, 3.05) is 6.54 Å². The molecule has 0 saturated heterocycles. The molecule has 14 heteroatoms. The summed E-state index contributed by atoms with van der Waals surface area (Å²) >= 11 is 0. The van der Waals surface area contributed by atoms with Gasteiger partial charge < -0.3 is 47.6 Å². The number of carboxylic acids is 1. The minimum absolute atomic E-state index is 0.00302. The van der Waals surface area contributed by atoms with Gasteiger partial charge in [0, 0.05) is 48.3 Å². The Morgan fingerprint density at radius 2 is 1.52 bits per heavy atom. The van der Waals surface area contributed by atoms with Crippen LogP contribution in [0.4, 0.5) is 0 Å². The van der Waals surface area contributed by atoms with E-state index in [1.54, 1.807) is 24.5 Å². The van der Waals surface area contributed by atoms with E-state index in [0.29, 0.717) is 36.2 Å². The summed E-state index contributed by atoms with van der Waals surface area (Å²) in [5.41, 5.74) is 14.5. The Labute approximate surface area is 265 Å². The Kier molecular flexibility index (Phi) is 11.9. The van der Waals surface area contributed by atoms with Crippen molar-refractivity contribution in [3.8, 4) is 5.75 Å². The molecule has 2 aromatic heterocycles. The number of benzene rings is 2. The van der Waals surface area contributed by atoms with Gasteiger partial charge in [-0.15, -0.1) is 0 Å². The van der Waals surface area contributed by atoms with E-state index in [1.807, 2.05) is 24.3 Å². The number of rotatable bonds is 17. The van der Waals surface area contributed by atoms with Crippen molar-refractivity contribution in [1.29, 1.82) is 0 Å². The van der Waals surface area contributed by atoms with Crippen molar-refractivity contribution in [2.24, 2.45) is 11.5 Å². The molecule has 11 N–H and O–H groups in total. The van der Waals surface area contributed by atoms with Gasteiger partial charge in [0.2, 0.25) is 17.7 Å². The molecule has 2 heterocycles. The van der Waals surface area contributed by atoms with Crippen LogP contribution in [0.1, 0.15) is 36.1 Å². The maximum Gasteiger partial charge on any atom is 0.326 e. The third-order valence-electron chi connectivity index (χ3n) is 7.63. The van der Waals surface area contributed by atoms with E-state index in [0.717, 1.165) is 10.9 Å². The molecule has 244 valence electrons. The van der Waals surface area contributed by atoms with E-state index in [2.05, 4.69) is 30.9 Å². The SMILES string of the molecule is NCCCCC(NC(=O)C(N)Cc1cnc[nH]1)C(=O)NC(Cc1ccc(O)cc1)C(=O)NC(Cc1c[nH]c2ccccc12)C(=O)O. The zero-order chi connectivity index (χ0) is 33.1. The number of aromatic hydroxyl groups is 1. The molecule has 46 heavy (non-hydrogen) atoms. The predicted molar refractivity (Wildman–Crippen MR) is 170 cm³/mol. The summed E-state index contributed by atoms with van der Waals surface area (Å²) in [6.45, 7) is 0.389. The number of nitrogens with two attached hydrogens (primary N) is 2. The van der Waals surface area contributed by atoms with Gasteiger partial charge >= 0.3 is 5.97 Å². The van der Waals surface area contributed by atoms with Crippen LogP contribution in [0.25, 0.3) is 10.9 Å². The molecule has 0 aliphatic heterocycles. The summed E-state index contributed by atoms with van der Waals surface area (Å²) in [6, 6.07) is 8.97. The number of nitrogens with one attached hydrogen (secondary N) is 5. The van der Waals surface area contributed by atoms with Crippen LogP contribution in [0.5, 0.6) is 5.75 Å². The number of carboxylic acid groups (broad SMARTS) is 1. The number of H-pyrrole nitrogens is 2. The number of unbranched alkanes of at least 4 members (excludes halogenated alkanes) is 1. The lowest BCUT2D eigenvalue weighted by Gasteiger charge is -2.25. The molecule has 0 aliphatic rings. The number of aromatic amines is 2. The number of phenols is 1. The monoisotopic (exact) mass is 632 g/mol. The highest BCUT2D eigenvalue weighted by molar-refractivity contribution is 5.94.